The Morgan fingerprint density at radius 1 is 1.38 bits per heavy atom. The topological polar surface area (TPSA) is 29.1 Å². The second-order valence-corrected chi connectivity index (χ2v) is 4.29. The van der Waals surface area contributed by atoms with E-state index >= 15 is 0 Å². The Morgan fingerprint density at radius 3 is 2.69 bits per heavy atom. The minimum atomic E-state index is 0.200. The molecule has 1 saturated carbocycles. The summed E-state index contributed by atoms with van der Waals surface area (Å²) in [5.41, 5.74) is 0. The average Bonchev–Trinajstić information content (AvgIpc) is 2.13. The number of hydrogen-bond acceptors (Lipinski definition) is 1. The molecule has 0 saturated heterocycles. The van der Waals surface area contributed by atoms with Crippen molar-refractivity contribution in [3.8, 4) is 0 Å². The van der Waals surface area contributed by atoms with Crippen molar-refractivity contribution in [2.24, 2.45) is 11.8 Å². The molecule has 3 unspecified atom stereocenters. The first-order valence-corrected chi connectivity index (χ1v) is 5.44. The van der Waals surface area contributed by atoms with Crippen molar-refractivity contribution in [1.29, 1.82) is 0 Å². The minimum Gasteiger partial charge on any atom is -0.353 e. The molecule has 1 aliphatic carbocycles. The fourth-order valence-corrected chi connectivity index (χ4v) is 2.09. The highest BCUT2D eigenvalue weighted by Gasteiger charge is 2.27. The van der Waals surface area contributed by atoms with Gasteiger partial charge in [0.2, 0.25) is 5.91 Å². The maximum atomic E-state index is 11.2. The molecule has 0 aromatic carbocycles. The number of nitrogens with one attached hydrogen (secondary N) is 1. The summed E-state index contributed by atoms with van der Waals surface area (Å²) in [6.07, 6.45) is 4.36. The van der Waals surface area contributed by atoms with E-state index in [0.29, 0.717) is 18.4 Å². The first-order chi connectivity index (χ1) is 6.15. The summed E-state index contributed by atoms with van der Waals surface area (Å²) in [6, 6.07) is 0.427. The molecule has 0 bridgehead atoms. The van der Waals surface area contributed by atoms with E-state index in [1.807, 2.05) is 6.92 Å². The Hall–Kier alpha value is -0.530. The summed E-state index contributed by atoms with van der Waals surface area (Å²) in [5, 5.41) is 3.11. The maximum absolute atomic E-state index is 11.2. The van der Waals surface area contributed by atoms with E-state index in [1.165, 1.54) is 12.8 Å². The summed E-state index contributed by atoms with van der Waals surface area (Å²) in [5.74, 6) is 1.60. The molecule has 1 amide bonds. The highest BCUT2D eigenvalue weighted by Crippen LogP contribution is 2.29. The maximum Gasteiger partial charge on any atom is 0.219 e. The van der Waals surface area contributed by atoms with Crippen LogP contribution in [0.25, 0.3) is 0 Å². The van der Waals surface area contributed by atoms with Crippen LogP contribution >= 0.6 is 0 Å². The van der Waals surface area contributed by atoms with Gasteiger partial charge in [0.15, 0.2) is 0 Å². The first-order valence-electron chi connectivity index (χ1n) is 5.44. The van der Waals surface area contributed by atoms with E-state index in [2.05, 4.69) is 19.2 Å². The highest BCUT2D eigenvalue weighted by molar-refractivity contribution is 5.75. The van der Waals surface area contributed by atoms with E-state index in [-0.39, 0.29) is 5.91 Å². The van der Waals surface area contributed by atoms with Gasteiger partial charge in [0.1, 0.15) is 0 Å². The van der Waals surface area contributed by atoms with Crippen LogP contribution in [0.4, 0.5) is 0 Å². The number of rotatable bonds is 2. The van der Waals surface area contributed by atoms with Gasteiger partial charge >= 0.3 is 0 Å². The van der Waals surface area contributed by atoms with Crippen LogP contribution in [-0.2, 0) is 4.79 Å². The molecule has 1 rings (SSSR count). The lowest BCUT2D eigenvalue weighted by Crippen LogP contribution is -2.43. The van der Waals surface area contributed by atoms with Crippen molar-refractivity contribution < 1.29 is 4.79 Å². The fraction of sp³-hybridized carbons (Fsp3) is 0.909. The first kappa shape index (κ1) is 10.6. The standard InChI is InChI=1S/C11H21NO/c1-4-11(13)12-10-7-5-6-8(2)9(10)3/h8-10H,4-7H2,1-3H3,(H,12,13). The predicted molar refractivity (Wildman–Crippen MR) is 54.4 cm³/mol. The molecule has 0 aromatic rings. The molecule has 2 nitrogen and oxygen atoms in total. The van der Waals surface area contributed by atoms with Gasteiger partial charge in [0, 0.05) is 12.5 Å². The lowest BCUT2D eigenvalue weighted by atomic mass is 9.78. The fourth-order valence-electron chi connectivity index (χ4n) is 2.09. The Labute approximate surface area is 81.1 Å². The molecule has 0 aliphatic heterocycles. The lowest BCUT2D eigenvalue weighted by molar-refractivity contribution is -0.122. The molecule has 0 heterocycles. The summed E-state index contributed by atoms with van der Waals surface area (Å²) >= 11 is 0. The van der Waals surface area contributed by atoms with Crippen LogP contribution < -0.4 is 5.32 Å². The average molecular weight is 183 g/mol. The molecular formula is C11H21NO. The van der Waals surface area contributed by atoms with Gasteiger partial charge < -0.3 is 5.32 Å². The van der Waals surface area contributed by atoms with Crippen LogP contribution in [0.5, 0.6) is 0 Å². The van der Waals surface area contributed by atoms with E-state index in [4.69, 9.17) is 0 Å². The summed E-state index contributed by atoms with van der Waals surface area (Å²) in [7, 11) is 0. The van der Waals surface area contributed by atoms with Crippen LogP contribution in [0.15, 0.2) is 0 Å². The molecule has 1 fully saturated rings. The van der Waals surface area contributed by atoms with Gasteiger partial charge in [-0.1, -0.05) is 33.6 Å². The molecule has 3 atom stereocenters. The van der Waals surface area contributed by atoms with Crippen molar-refractivity contribution in [3.63, 3.8) is 0 Å². The second-order valence-electron chi connectivity index (χ2n) is 4.29. The van der Waals surface area contributed by atoms with Crippen molar-refractivity contribution in [2.75, 3.05) is 0 Å². The van der Waals surface area contributed by atoms with E-state index in [0.717, 1.165) is 12.3 Å². The second kappa shape index (κ2) is 4.64. The number of carbonyl (C=O) groups is 1. The van der Waals surface area contributed by atoms with E-state index in [1.54, 1.807) is 0 Å². The third-order valence-electron chi connectivity index (χ3n) is 3.37. The molecule has 13 heavy (non-hydrogen) atoms. The zero-order valence-corrected chi connectivity index (χ0v) is 8.97. The smallest absolute Gasteiger partial charge is 0.219 e. The largest absolute Gasteiger partial charge is 0.353 e. The quantitative estimate of drug-likeness (QED) is 0.699. The van der Waals surface area contributed by atoms with Gasteiger partial charge in [-0.05, 0) is 18.3 Å². The van der Waals surface area contributed by atoms with Crippen LogP contribution in [0.2, 0.25) is 0 Å². The van der Waals surface area contributed by atoms with Gasteiger partial charge in [-0.2, -0.15) is 0 Å². The van der Waals surface area contributed by atoms with E-state index in [9.17, 15) is 4.79 Å². The van der Waals surface area contributed by atoms with Gasteiger partial charge in [-0.15, -0.1) is 0 Å². The number of amides is 1. The molecule has 0 spiro atoms. The SMILES string of the molecule is CCC(=O)NC1CCCC(C)C1C. The molecule has 76 valence electrons. The molecule has 2 heteroatoms. The minimum absolute atomic E-state index is 0.200. The lowest BCUT2D eigenvalue weighted by Gasteiger charge is -2.34. The Morgan fingerprint density at radius 2 is 2.08 bits per heavy atom. The zero-order chi connectivity index (χ0) is 9.84. The van der Waals surface area contributed by atoms with Crippen molar-refractivity contribution in [2.45, 2.75) is 52.5 Å². The van der Waals surface area contributed by atoms with Gasteiger partial charge in [-0.25, -0.2) is 0 Å². The highest BCUT2D eigenvalue weighted by atomic mass is 16.1. The summed E-state index contributed by atoms with van der Waals surface area (Å²) in [6.45, 7) is 6.45. The normalized spacial score (nSPS) is 34.2. The Bertz CT molecular complexity index is 179. The third kappa shape index (κ3) is 2.71. The Kier molecular flexibility index (Phi) is 3.76. The molecule has 1 N–H and O–H groups in total. The van der Waals surface area contributed by atoms with Crippen LogP contribution in [0.1, 0.15) is 46.5 Å². The zero-order valence-electron chi connectivity index (χ0n) is 8.97. The molecule has 0 aromatic heterocycles. The van der Waals surface area contributed by atoms with Crippen LogP contribution in [0, 0.1) is 11.8 Å². The van der Waals surface area contributed by atoms with Crippen LogP contribution in [-0.4, -0.2) is 11.9 Å². The van der Waals surface area contributed by atoms with Gasteiger partial charge in [0.05, 0.1) is 0 Å². The monoisotopic (exact) mass is 183 g/mol. The number of hydrogen-bond donors (Lipinski definition) is 1. The van der Waals surface area contributed by atoms with Crippen LogP contribution in [0.3, 0.4) is 0 Å². The summed E-state index contributed by atoms with van der Waals surface area (Å²) < 4.78 is 0. The predicted octanol–water partition coefficient (Wildman–Crippen LogP) is 2.34. The van der Waals surface area contributed by atoms with Crippen molar-refractivity contribution in [1.82, 2.24) is 5.32 Å². The van der Waals surface area contributed by atoms with Crippen molar-refractivity contribution >= 4 is 5.91 Å². The van der Waals surface area contributed by atoms with Gasteiger partial charge in [0.25, 0.3) is 0 Å². The third-order valence-corrected chi connectivity index (χ3v) is 3.37. The molecular weight excluding hydrogens is 162 g/mol. The van der Waals surface area contributed by atoms with E-state index < -0.39 is 0 Å². The molecule has 0 radical (unpaired) electrons. The Balaban J connectivity index is 2.43. The van der Waals surface area contributed by atoms with Crippen molar-refractivity contribution in [3.05, 3.63) is 0 Å². The number of carbonyl (C=O) groups excluding carboxylic acids is 1. The summed E-state index contributed by atoms with van der Waals surface area (Å²) in [4.78, 5) is 11.2. The van der Waals surface area contributed by atoms with Gasteiger partial charge in [-0.3, -0.25) is 4.79 Å². The molecule has 1 aliphatic rings.